The van der Waals surface area contributed by atoms with Crippen molar-refractivity contribution in [2.24, 2.45) is 0 Å². The summed E-state index contributed by atoms with van der Waals surface area (Å²) in [5.74, 6) is 1.73. The first-order chi connectivity index (χ1) is 12.1. The largest absolute Gasteiger partial charge is 0.494 e. The molecule has 0 unspecified atom stereocenters. The molecule has 134 valence electrons. The monoisotopic (exact) mass is 345 g/mol. The molecule has 0 saturated carbocycles. The minimum Gasteiger partial charge on any atom is -0.494 e. The molecule has 1 aliphatic heterocycles. The van der Waals surface area contributed by atoms with Crippen molar-refractivity contribution < 1.29 is 9.13 Å². The Bertz CT molecular complexity index is 699. The van der Waals surface area contributed by atoms with E-state index in [9.17, 15) is 4.39 Å². The predicted molar refractivity (Wildman–Crippen MR) is 96.8 cm³/mol. The van der Waals surface area contributed by atoms with E-state index in [4.69, 9.17) is 4.74 Å². The molecule has 1 fully saturated rings. The maximum Gasteiger partial charge on any atom is 0.165 e. The Kier molecular flexibility index (Phi) is 5.33. The molecule has 0 amide bonds. The second kappa shape index (κ2) is 7.65. The van der Waals surface area contributed by atoms with Gasteiger partial charge >= 0.3 is 0 Å². The highest BCUT2D eigenvalue weighted by Crippen LogP contribution is 2.20. The number of halogens is 1. The predicted octanol–water partition coefficient (Wildman–Crippen LogP) is 2.01. The van der Waals surface area contributed by atoms with Gasteiger partial charge in [0.05, 0.1) is 7.11 Å². The average molecular weight is 345 g/mol. The van der Waals surface area contributed by atoms with E-state index >= 15 is 0 Å². The van der Waals surface area contributed by atoms with Crippen LogP contribution in [0.2, 0.25) is 0 Å². The lowest BCUT2D eigenvalue weighted by Gasteiger charge is -2.35. The van der Waals surface area contributed by atoms with Crippen molar-refractivity contribution >= 4 is 11.6 Å². The number of piperazine rings is 1. The van der Waals surface area contributed by atoms with Gasteiger partial charge in [-0.05, 0) is 29.8 Å². The van der Waals surface area contributed by atoms with Crippen molar-refractivity contribution in [1.82, 2.24) is 15.1 Å². The molecule has 1 aromatic heterocycles. The van der Waals surface area contributed by atoms with Crippen LogP contribution >= 0.6 is 0 Å². The lowest BCUT2D eigenvalue weighted by atomic mass is 10.2. The molecular formula is C18H24FN5O. The summed E-state index contributed by atoms with van der Waals surface area (Å²) in [6.45, 7) is 4.32. The van der Waals surface area contributed by atoms with Crippen molar-refractivity contribution in [2.45, 2.75) is 6.54 Å². The van der Waals surface area contributed by atoms with Gasteiger partial charge in [0, 0.05) is 46.8 Å². The van der Waals surface area contributed by atoms with Gasteiger partial charge in [-0.15, -0.1) is 10.2 Å². The zero-order valence-corrected chi connectivity index (χ0v) is 14.9. The van der Waals surface area contributed by atoms with Crippen LogP contribution < -0.4 is 14.5 Å². The molecule has 3 rings (SSSR count). The maximum atomic E-state index is 13.8. The van der Waals surface area contributed by atoms with Gasteiger partial charge in [0.25, 0.3) is 0 Å². The van der Waals surface area contributed by atoms with Crippen molar-refractivity contribution in [2.75, 3.05) is 57.2 Å². The van der Waals surface area contributed by atoms with E-state index in [1.54, 1.807) is 12.1 Å². The maximum absolute atomic E-state index is 13.8. The lowest BCUT2D eigenvalue weighted by Crippen LogP contribution is -2.46. The number of methoxy groups -OCH3 is 1. The van der Waals surface area contributed by atoms with Crippen molar-refractivity contribution in [3.8, 4) is 5.75 Å². The third kappa shape index (κ3) is 4.17. The SMILES string of the molecule is COc1ccc(CN2CCN(c3ccc(N(C)C)nn3)CC2)cc1F. The molecule has 25 heavy (non-hydrogen) atoms. The molecule has 1 aliphatic rings. The minimum atomic E-state index is -0.310. The van der Waals surface area contributed by atoms with Crippen LogP contribution in [0.5, 0.6) is 5.75 Å². The number of aromatic nitrogens is 2. The van der Waals surface area contributed by atoms with Gasteiger partial charge in [-0.1, -0.05) is 6.07 Å². The van der Waals surface area contributed by atoms with E-state index < -0.39 is 0 Å². The molecule has 0 N–H and O–H groups in total. The molecule has 1 aromatic carbocycles. The summed E-state index contributed by atoms with van der Waals surface area (Å²) in [6, 6.07) is 9.14. The number of hydrogen-bond acceptors (Lipinski definition) is 6. The van der Waals surface area contributed by atoms with Crippen LogP contribution in [0.25, 0.3) is 0 Å². The second-order valence-electron chi connectivity index (χ2n) is 6.38. The Morgan fingerprint density at radius 3 is 2.40 bits per heavy atom. The Labute approximate surface area is 147 Å². The fraction of sp³-hybridized carbons (Fsp3) is 0.444. The van der Waals surface area contributed by atoms with E-state index in [1.807, 2.05) is 37.2 Å². The Balaban J connectivity index is 1.55. The summed E-state index contributed by atoms with van der Waals surface area (Å²) in [7, 11) is 5.38. The van der Waals surface area contributed by atoms with Crippen LogP contribution in [0.1, 0.15) is 5.56 Å². The van der Waals surface area contributed by atoms with Crippen LogP contribution in [-0.4, -0.2) is 62.5 Å². The third-order valence-electron chi connectivity index (χ3n) is 4.41. The minimum absolute atomic E-state index is 0.285. The Morgan fingerprint density at radius 2 is 1.84 bits per heavy atom. The molecule has 7 heteroatoms. The summed E-state index contributed by atoms with van der Waals surface area (Å²) in [4.78, 5) is 6.49. The van der Waals surface area contributed by atoms with Crippen LogP contribution in [0.3, 0.4) is 0 Å². The Morgan fingerprint density at radius 1 is 1.08 bits per heavy atom. The van der Waals surface area contributed by atoms with E-state index in [0.717, 1.165) is 49.9 Å². The third-order valence-corrected chi connectivity index (χ3v) is 4.41. The van der Waals surface area contributed by atoms with Crippen LogP contribution in [0, 0.1) is 5.82 Å². The van der Waals surface area contributed by atoms with Gasteiger partial charge in [0.15, 0.2) is 23.2 Å². The summed E-state index contributed by atoms with van der Waals surface area (Å²) in [6.07, 6.45) is 0. The van der Waals surface area contributed by atoms with Gasteiger partial charge in [-0.25, -0.2) is 4.39 Å². The van der Waals surface area contributed by atoms with E-state index in [2.05, 4.69) is 20.0 Å². The molecule has 1 saturated heterocycles. The second-order valence-corrected chi connectivity index (χ2v) is 6.38. The first kappa shape index (κ1) is 17.4. The molecule has 0 aliphatic carbocycles. The van der Waals surface area contributed by atoms with Gasteiger partial charge < -0.3 is 14.5 Å². The number of rotatable bonds is 5. The summed E-state index contributed by atoms with van der Waals surface area (Å²) < 4.78 is 18.8. The van der Waals surface area contributed by atoms with Gasteiger partial charge in [-0.3, -0.25) is 4.90 Å². The lowest BCUT2D eigenvalue weighted by molar-refractivity contribution is 0.248. The van der Waals surface area contributed by atoms with Crippen molar-refractivity contribution in [1.29, 1.82) is 0 Å². The number of anilines is 2. The topological polar surface area (TPSA) is 44.7 Å². The van der Waals surface area contributed by atoms with Crippen LogP contribution in [0.4, 0.5) is 16.0 Å². The Hall–Kier alpha value is -2.41. The highest BCUT2D eigenvalue weighted by Gasteiger charge is 2.19. The summed E-state index contributed by atoms with van der Waals surface area (Å²) >= 11 is 0. The van der Waals surface area contributed by atoms with Gasteiger partial charge in [-0.2, -0.15) is 0 Å². The van der Waals surface area contributed by atoms with Crippen LogP contribution in [0.15, 0.2) is 30.3 Å². The molecule has 2 heterocycles. The van der Waals surface area contributed by atoms with Crippen molar-refractivity contribution in [3.63, 3.8) is 0 Å². The standard InChI is InChI=1S/C18H24FN5O/c1-22(2)17-6-7-18(21-20-17)24-10-8-23(9-11-24)13-14-4-5-16(25-3)15(19)12-14/h4-7,12H,8-11,13H2,1-3H3. The quantitative estimate of drug-likeness (QED) is 0.826. The number of ether oxygens (including phenoxy) is 1. The van der Waals surface area contributed by atoms with Crippen molar-refractivity contribution in [3.05, 3.63) is 41.7 Å². The number of nitrogens with zero attached hydrogens (tertiary/aromatic N) is 5. The molecule has 6 nitrogen and oxygen atoms in total. The molecule has 0 radical (unpaired) electrons. The smallest absolute Gasteiger partial charge is 0.165 e. The van der Waals surface area contributed by atoms with E-state index in [1.165, 1.54) is 7.11 Å². The van der Waals surface area contributed by atoms with Gasteiger partial charge in [0.1, 0.15) is 0 Å². The first-order valence-corrected chi connectivity index (χ1v) is 8.37. The number of benzene rings is 1. The highest BCUT2D eigenvalue weighted by atomic mass is 19.1. The molecular weight excluding hydrogens is 321 g/mol. The van der Waals surface area contributed by atoms with Crippen LogP contribution in [-0.2, 0) is 6.54 Å². The van der Waals surface area contributed by atoms with Gasteiger partial charge in [0.2, 0.25) is 0 Å². The van der Waals surface area contributed by atoms with E-state index in [0.29, 0.717) is 0 Å². The zero-order valence-electron chi connectivity index (χ0n) is 14.9. The summed E-state index contributed by atoms with van der Waals surface area (Å²) in [5.41, 5.74) is 0.960. The molecule has 0 atom stereocenters. The fourth-order valence-corrected chi connectivity index (χ4v) is 2.93. The zero-order chi connectivity index (χ0) is 17.8. The fourth-order valence-electron chi connectivity index (χ4n) is 2.93. The summed E-state index contributed by atoms with van der Waals surface area (Å²) in [5, 5.41) is 8.55. The molecule has 0 bridgehead atoms. The molecule has 2 aromatic rings. The first-order valence-electron chi connectivity index (χ1n) is 8.37. The van der Waals surface area contributed by atoms with E-state index in [-0.39, 0.29) is 11.6 Å². The average Bonchev–Trinajstić information content (AvgIpc) is 2.63. The molecule has 0 spiro atoms. The normalized spacial score (nSPS) is 15.3. The number of hydrogen-bond donors (Lipinski definition) is 0. The highest BCUT2D eigenvalue weighted by molar-refractivity contribution is 5.44.